The molecule has 3 aromatic rings. The minimum absolute atomic E-state index is 0.0629. The molecule has 0 saturated carbocycles. The quantitative estimate of drug-likeness (QED) is 0.429. The van der Waals surface area contributed by atoms with Gasteiger partial charge in [0.1, 0.15) is 11.6 Å². The fraction of sp³-hybridized carbons (Fsp3) is 0.391. The van der Waals surface area contributed by atoms with Gasteiger partial charge in [-0.1, -0.05) is 24.3 Å². The number of halogens is 4. The highest BCUT2D eigenvalue weighted by molar-refractivity contribution is 6.19. The van der Waals surface area contributed by atoms with E-state index in [9.17, 15) is 18.0 Å². The molecule has 2 heterocycles. The van der Waals surface area contributed by atoms with Gasteiger partial charge in [-0.25, -0.2) is 4.98 Å². The van der Waals surface area contributed by atoms with Crippen LogP contribution in [0.2, 0.25) is 0 Å². The van der Waals surface area contributed by atoms with E-state index in [0.717, 1.165) is 12.5 Å². The predicted molar refractivity (Wildman–Crippen MR) is 113 cm³/mol. The number of fused-ring (bicyclic) bond motifs is 1. The first kappa shape index (κ1) is 21.7. The van der Waals surface area contributed by atoms with Gasteiger partial charge < -0.3 is 9.32 Å². The van der Waals surface area contributed by atoms with Crippen molar-refractivity contribution >= 4 is 28.6 Å². The number of carbonyl (C=O) groups excluding carboxylic acids is 1. The Morgan fingerprint density at radius 2 is 1.97 bits per heavy atom. The lowest BCUT2D eigenvalue weighted by Crippen LogP contribution is -2.41. The Hall–Kier alpha value is -2.54. The molecule has 1 fully saturated rings. The van der Waals surface area contributed by atoms with Gasteiger partial charge in [0.25, 0.3) is 0 Å². The molecule has 4 nitrogen and oxygen atoms in total. The number of hydrogen-bond donors (Lipinski definition) is 0. The maximum atomic E-state index is 13.4. The van der Waals surface area contributed by atoms with E-state index in [0.29, 0.717) is 35.5 Å². The molecule has 0 spiro atoms. The third-order valence-electron chi connectivity index (χ3n) is 5.66. The van der Waals surface area contributed by atoms with Crippen LogP contribution >= 0.6 is 11.6 Å². The van der Waals surface area contributed by atoms with E-state index in [-0.39, 0.29) is 23.4 Å². The maximum Gasteiger partial charge on any atom is 0.417 e. The maximum absolute atomic E-state index is 13.4. The van der Waals surface area contributed by atoms with Gasteiger partial charge in [-0.15, -0.1) is 11.6 Å². The first-order valence-electron chi connectivity index (χ1n) is 10.1. The number of rotatable bonds is 4. The summed E-state index contributed by atoms with van der Waals surface area (Å²) in [6.07, 6.45) is -2.93. The summed E-state index contributed by atoms with van der Waals surface area (Å²) in [5, 5.41) is 0. The van der Waals surface area contributed by atoms with Crippen LogP contribution in [0, 0.1) is 5.41 Å². The SMILES string of the molecule is CC(C)(CCl)C(=O)N1CCC[C@H]1c1nc2cc(-c3ccccc3C(F)(F)F)ccc2o1. The van der Waals surface area contributed by atoms with Gasteiger partial charge in [-0.2, -0.15) is 13.2 Å². The van der Waals surface area contributed by atoms with E-state index in [1.165, 1.54) is 12.1 Å². The van der Waals surface area contributed by atoms with Crippen LogP contribution in [0.15, 0.2) is 46.9 Å². The zero-order chi connectivity index (χ0) is 22.4. The molecular weight excluding hydrogens is 429 g/mol. The number of hydrogen-bond acceptors (Lipinski definition) is 3. The van der Waals surface area contributed by atoms with Crippen LogP contribution in [-0.2, 0) is 11.0 Å². The largest absolute Gasteiger partial charge is 0.438 e. The molecule has 2 aromatic carbocycles. The summed E-state index contributed by atoms with van der Waals surface area (Å²) in [6.45, 7) is 4.19. The van der Waals surface area contributed by atoms with E-state index in [2.05, 4.69) is 4.98 Å². The number of oxazole rings is 1. The Kier molecular flexibility index (Phi) is 5.50. The number of aromatic nitrogens is 1. The molecule has 0 unspecified atom stereocenters. The summed E-state index contributed by atoms with van der Waals surface area (Å²) >= 11 is 5.98. The normalized spacial score (nSPS) is 17.5. The molecule has 1 aromatic heterocycles. The van der Waals surface area contributed by atoms with E-state index < -0.39 is 17.2 Å². The van der Waals surface area contributed by atoms with Gasteiger partial charge in [0.15, 0.2) is 5.58 Å². The molecule has 1 atom stereocenters. The van der Waals surface area contributed by atoms with Crippen LogP contribution in [0.4, 0.5) is 13.2 Å². The van der Waals surface area contributed by atoms with Crippen molar-refractivity contribution in [3.05, 3.63) is 53.9 Å². The van der Waals surface area contributed by atoms with E-state index in [4.69, 9.17) is 16.0 Å². The third-order valence-corrected chi connectivity index (χ3v) is 6.33. The van der Waals surface area contributed by atoms with Gasteiger partial charge in [0, 0.05) is 12.4 Å². The molecule has 0 radical (unpaired) electrons. The lowest BCUT2D eigenvalue weighted by atomic mass is 9.94. The average Bonchev–Trinajstić information content (AvgIpc) is 3.38. The Morgan fingerprint density at radius 1 is 1.23 bits per heavy atom. The van der Waals surface area contributed by atoms with Crippen LogP contribution in [0.5, 0.6) is 0 Å². The van der Waals surface area contributed by atoms with Crippen LogP contribution < -0.4 is 0 Å². The second-order valence-electron chi connectivity index (χ2n) is 8.45. The number of carbonyl (C=O) groups is 1. The number of amides is 1. The molecule has 164 valence electrons. The van der Waals surface area contributed by atoms with E-state index >= 15 is 0 Å². The summed E-state index contributed by atoms with van der Waals surface area (Å²) < 4.78 is 46.2. The summed E-state index contributed by atoms with van der Waals surface area (Å²) in [5.74, 6) is 0.532. The van der Waals surface area contributed by atoms with E-state index in [1.54, 1.807) is 43.0 Å². The van der Waals surface area contributed by atoms with Crippen LogP contribution in [-0.4, -0.2) is 28.2 Å². The fourth-order valence-corrected chi connectivity index (χ4v) is 4.06. The Labute approximate surface area is 183 Å². The average molecular weight is 451 g/mol. The van der Waals surface area contributed by atoms with Gasteiger partial charge in [-0.05, 0) is 56.0 Å². The molecule has 1 aliphatic heterocycles. The topological polar surface area (TPSA) is 46.3 Å². The molecule has 0 N–H and O–H groups in total. The summed E-state index contributed by atoms with van der Waals surface area (Å²) in [5.41, 5.74) is 0.0179. The smallest absolute Gasteiger partial charge is 0.417 e. The molecule has 0 bridgehead atoms. The van der Waals surface area contributed by atoms with Crippen molar-refractivity contribution in [2.24, 2.45) is 5.41 Å². The Balaban J connectivity index is 1.70. The summed E-state index contributed by atoms with van der Waals surface area (Å²) in [6, 6.07) is 9.94. The first-order chi connectivity index (χ1) is 14.6. The van der Waals surface area contributed by atoms with Gasteiger partial charge in [0.2, 0.25) is 11.8 Å². The highest BCUT2D eigenvalue weighted by atomic mass is 35.5. The van der Waals surface area contributed by atoms with Crippen LogP contribution in [0.25, 0.3) is 22.2 Å². The molecule has 8 heteroatoms. The molecule has 1 amide bonds. The highest BCUT2D eigenvalue weighted by Gasteiger charge is 2.40. The van der Waals surface area contributed by atoms with Crippen molar-refractivity contribution in [3.63, 3.8) is 0 Å². The van der Waals surface area contributed by atoms with Crippen molar-refractivity contribution < 1.29 is 22.4 Å². The fourth-order valence-electron chi connectivity index (χ4n) is 3.95. The lowest BCUT2D eigenvalue weighted by Gasteiger charge is -2.30. The van der Waals surface area contributed by atoms with Gasteiger partial charge >= 0.3 is 6.18 Å². The van der Waals surface area contributed by atoms with Gasteiger partial charge in [-0.3, -0.25) is 4.79 Å². The number of benzene rings is 2. The van der Waals surface area contributed by atoms with Gasteiger partial charge in [0.05, 0.1) is 11.0 Å². The van der Waals surface area contributed by atoms with Crippen molar-refractivity contribution in [1.82, 2.24) is 9.88 Å². The van der Waals surface area contributed by atoms with E-state index in [1.807, 2.05) is 0 Å². The van der Waals surface area contributed by atoms with Crippen molar-refractivity contribution in [2.45, 2.75) is 38.9 Å². The minimum Gasteiger partial charge on any atom is -0.438 e. The first-order valence-corrected chi connectivity index (χ1v) is 10.6. The predicted octanol–water partition coefficient (Wildman–Crippen LogP) is 6.44. The standard InChI is InChI=1S/C23H22ClF3N2O2/c1-22(2,13-24)21(30)29-11-5-8-18(29)20-28-17-12-14(9-10-19(17)31-20)15-6-3-4-7-16(15)23(25,26)27/h3-4,6-7,9-10,12,18H,5,8,11,13H2,1-2H3/t18-/m0/s1. The number of nitrogens with zero attached hydrogens (tertiary/aromatic N) is 2. The minimum atomic E-state index is -4.46. The highest BCUT2D eigenvalue weighted by Crippen LogP contribution is 2.39. The lowest BCUT2D eigenvalue weighted by molar-refractivity contribution is -0.140. The molecule has 4 rings (SSSR count). The molecule has 0 aliphatic carbocycles. The second-order valence-corrected chi connectivity index (χ2v) is 8.72. The zero-order valence-electron chi connectivity index (χ0n) is 17.2. The number of likely N-dealkylation sites (tertiary alicyclic amines) is 1. The monoisotopic (exact) mass is 450 g/mol. The zero-order valence-corrected chi connectivity index (χ0v) is 17.9. The Bertz CT molecular complexity index is 1120. The van der Waals surface area contributed by atoms with Crippen LogP contribution in [0.1, 0.15) is 44.2 Å². The van der Waals surface area contributed by atoms with Crippen molar-refractivity contribution in [1.29, 1.82) is 0 Å². The molecule has 1 saturated heterocycles. The van der Waals surface area contributed by atoms with Crippen molar-refractivity contribution in [3.8, 4) is 11.1 Å². The third kappa shape index (κ3) is 4.03. The molecular formula is C23H22ClF3N2O2. The summed E-state index contributed by atoms with van der Waals surface area (Å²) in [4.78, 5) is 19.2. The molecule has 31 heavy (non-hydrogen) atoms. The number of alkyl halides is 4. The van der Waals surface area contributed by atoms with Crippen molar-refractivity contribution in [2.75, 3.05) is 12.4 Å². The second kappa shape index (κ2) is 7.86. The van der Waals surface area contributed by atoms with Crippen LogP contribution in [0.3, 0.4) is 0 Å². The summed E-state index contributed by atoms with van der Waals surface area (Å²) in [7, 11) is 0. The molecule has 1 aliphatic rings. The Morgan fingerprint density at radius 3 is 2.68 bits per heavy atom.